The maximum atomic E-state index is 4.97. The van der Waals surface area contributed by atoms with Crippen LogP contribution in [0.3, 0.4) is 0 Å². The van der Waals surface area contributed by atoms with Crippen LogP contribution in [0, 0.1) is 0 Å². The number of fused-ring (bicyclic) bond motifs is 1. The summed E-state index contributed by atoms with van der Waals surface area (Å²) in [5.74, 6) is 0.741. The summed E-state index contributed by atoms with van der Waals surface area (Å²) in [4.78, 5) is 4.20. The van der Waals surface area contributed by atoms with Crippen molar-refractivity contribution in [3.8, 4) is 5.75 Å². The van der Waals surface area contributed by atoms with Crippen LogP contribution in [-0.4, -0.2) is 15.5 Å². The van der Waals surface area contributed by atoms with Crippen LogP contribution in [0.25, 0.3) is 10.9 Å². The second-order valence-corrected chi connectivity index (χ2v) is 2.64. The summed E-state index contributed by atoms with van der Waals surface area (Å²) in [6, 6.07) is 9.69. The Labute approximate surface area is 73.7 Å². The normalized spacial score (nSPS) is 10.1. The van der Waals surface area contributed by atoms with Crippen LogP contribution in [0.4, 0.5) is 0 Å². The smallest absolute Gasteiger partial charge is 0.341 e. The van der Waals surface area contributed by atoms with Gasteiger partial charge >= 0.3 is 10.5 Å². The van der Waals surface area contributed by atoms with Crippen molar-refractivity contribution in [1.29, 1.82) is 0 Å². The van der Waals surface area contributed by atoms with Crippen LogP contribution in [-0.2, 0) is 0 Å². The van der Waals surface area contributed by atoms with Crippen LogP contribution in [0.15, 0.2) is 36.5 Å². The summed E-state index contributed by atoms with van der Waals surface area (Å²) in [7, 11) is 2.99. The molecule has 0 saturated heterocycles. The molecule has 0 spiro atoms. The number of hydrogen-bond donors (Lipinski definition) is 0. The second kappa shape index (κ2) is 2.95. The Hall–Kier alpha value is -1.35. The highest BCUT2D eigenvalue weighted by Gasteiger charge is 1.98. The van der Waals surface area contributed by atoms with E-state index in [1.807, 2.05) is 30.3 Å². The molecule has 12 heavy (non-hydrogen) atoms. The third-order valence-corrected chi connectivity index (χ3v) is 1.93. The van der Waals surface area contributed by atoms with Crippen LogP contribution >= 0.6 is 0 Å². The number of benzene rings is 1. The molecule has 1 aromatic heterocycles. The Morgan fingerprint density at radius 2 is 2.00 bits per heavy atom. The molecule has 2 nitrogen and oxygen atoms in total. The first-order valence-corrected chi connectivity index (χ1v) is 4.00. The van der Waals surface area contributed by atoms with Crippen molar-refractivity contribution < 1.29 is 4.43 Å². The molecular formula is C9H6NOSi. The van der Waals surface area contributed by atoms with Crippen LogP contribution < -0.4 is 4.43 Å². The highest BCUT2D eigenvalue weighted by molar-refractivity contribution is 6.01. The van der Waals surface area contributed by atoms with Crippen molar-refractivity contribution >= 4 is 21.4 Å². The van der Waals surface area contributed by atoms with Crippen LogP contribution in [0.2, 0.25) is 0 Å². The Bertz CT molecular complexity index is 397. The van der Waals surface area contributed by atoms with Crippen molar-refractivity contribution in [1.82, 2.24) is 4.98 Å². The lowest BCUT2D eigenvalue weighted by molar-refractivity contribution is 0.622. The van der Waals surface area contributed by atoms with Crippen LogP contribution in [0.1, 0.15) is 0 Å². The standard InChI is InChI=1S/C9H6NOSi/c12-11-8-5-1-3-7-4-2-6-10-9(7)8/h1-6H. The van der Waals surface area contributed by atoms with E-state index in [0.29, 0.717) is 0 Å². The topological polar surface area (TPSA) is 22.1 Å². The van der Waals surface area contributed by atoms with E-state index in [0.717, 1.165) is 16.7 Å². The molecule has 0 aliphatic rings. The summed E-state index contributed by atoms with van der Waals surface area (Å²) in [6.07, 6.45) is 1.75. The number of hydrogen-bond acceptors (Lipinski definition) is 2. The summed E-state index contributed by atoms with van der Waals surface area (Å²) >= 11 is 0. The molecule has 0 fully saturated rings. The third kappa shape index (κ3) is 1.08. The molecule has 0 N–H and O–H groups in total. The molecule has 0 saturated carbocycles. The maximum Gasteiger partial charge on any atom is 0.341 e. The fourth-order valence-corrected chi connectivity index (χ4v) is 1.32. The average Bonchev–Trinajstić information content (AvgIpc) is 2.17. The molecule has 0 aliphatic carbocycles. The van der Waals surface area contributed by atoms with Crippen molar-refractivity contribution in [3.05, 3.63) is 36.5 Å². The molecule has 2 aromatic rings. The predicted octanol–water partition coefficient (Wildman–Crippen LogP) is 1.70. The molecule has 1 heterocycles. The molecule has 2 rings (SSSR count). The second-order valence-electron chi connectivity index (χ2n) is 2.43. The summed E-state index contributed by atoms with van der Waals surface area (Å²) < 4.78 is 4.97. The van der Waals surface area contributed by atoms with Crippen LogP contribution in [0.5, 0.6) is 5.75 Å². The lowest BCUT2D eigenvalue weighted by Gasteiger charge is -2.02. The molecule has 0 amide bonds. The highest BCUT2D eigenvalue weighted by atomic mass is 28.2. The molecule has 1 aromatic carbocycles. The molecule has 3 heteroatoms. The third-order valence-electron chi connectivity index (χ3n) is 1.71. The fourth-order valence-electron chi connectivity index (χ4n) is 1.16. The van der Waals surface area contributed by atoms with Gasteiger partial charge in [0.05, 0.1) is 0 Å². The minimum absolute atomic E-state index is 0.741. The lowest BCUT2D eigenvalue weighted by atomic mass is 10.2. The largest absolute Gasteiger partial charge is 0.539 e. The molecule has 3 radical (unpaired) electrons. The van der Waals surface area contributed by atoms with Gasteiger partial charge in [-0.25, -0.2) is 0 Å². The number of para-hydroxylation sites is 1. The molecule has 0 aliphatic heterocycles. The van der Waals surface area contributed by atoms with Crippen molar-refractivity contribution in [2.45, 2.75) is 0 Å². The average molecular weight is 172 g/mol. The van der Waals surface area contributed by atoms with E-state index >= 15 is 0 Å². The minimum atomic E-state index is 0.741. The Kier molecular flexibility index (Phi) is 1.79. The Balaban J connectivity index is 2.79. The van der Waals surface area contributed by atoms with E-state index in [1.165, 1.54) is 0 Å². The van der Waals surface area contributed by atoms with E-state index in [4.69, 9.17) is 4.43 Å². The summed E-state index contributed by atoms with van der Waals surface area (Å²) in [5.41, 5.74) is 0.870. The van der Waals surface area contributed by atoms with Crippen molar-refractivity contribution in [2.75, 3.05) is 0 Å². The minimum Gasteiger partial charge on any atom is -0.539 e. The van der Waals surface area contributed by atoms with E-state index in [2.05, 4.69) is 15.5 Å². The van der Waals surface area contributed by atoms with Gasteiger partial charge < -0.3 is 4.43 Å². The number of pyridine rings is 1. The first-order chi connectivity index (χ1) is 5.92. The van der Waals surface area contributed by atoms with Gasteiger partial charge in [-0.15, -0.1) is 0 Å². The number of nitrogens with zero attached hydrogens (tertiary/aromatic N) is 1. The zero-order valence-corrected chi connectivity index (χ0v) is 7.32. The van der Waals surface area contributed by atoms with Crippen molar-refractivity contribution in [2.24, 2.45) is 0 Å². The van der Waals surface area contributed by atoms with Gasteiger partial charge in [-0.05, 0) is 12.1 Å². The highest BCUT2D eigenvalue weighted by Crippen LogP contribution is 2.21. The fraction of sp³-hybridized carbons (Fsp3) is 0. The summed E-state index contributed by atoms with van der Waals surface area (Å²) in [5, 5.41) is 1.08. The zero-order valence-electron chi connectivity index (χ0n) is 6.32. The van der Waals surface area contributed by atoms with E-state index in [-0.39, 0.29) is 0 Å². The monoisotopic (exact) mass is 172 g/mol. The SMILES string of the molecule is [Si]Oc1cccc2cccnc12. The Morgan fingerprint density at radius 1 is 1.17 bits per heavy atom. The van der Waals surface area contributed by atoms with Gasteiger partial charge in [0.2, 0.25) is 0 Å². The van der Waals surface area contributed by atoms with Gasteiger partial charge in [0.25, 0.3) is 0 Å². The van der Waals surface area contributed by atoms with Crippen molar-refractivity contribution in [3.63, 3.8) is 0 Å². The van der Waals surface area contributed by atoms with Gasteiger partial charge in [-0.1, -0.05) is 18.2 Å². The van der Waals surface area contributed by atoms with Gasteiger partial charge in [-0.2, -0.15) is 0 Å². The number of rotatable bonds is 1. The van der Waals surface area contributed by atoms with E-state index in [1.54, 1.807) is 6.20 Å². The van der Waals surface area contributed by atoms with Gasteiger partial charge in [0, 0.05) is 11.6 Å². The quantitative estimate of drug-likeness (QED) is 0.611. The first-order valence-electron chi connectivity index (χ1n) is 3.59. The van der Waals surface area contributed by atoms with Gasteiger partial charge in [-0.3, -0.25) is 4.98 Å². The molecule has 0 unspecified atom stereocenters. The zero-order chi connectivity index (χ0) is 8.39. The van der Waals surface area contributed by atoms with Gasteiger partial charge in [0.15, 0.2) is 0 Å². The van der Waals surface area contributed by atoms with E-state index < -0.39 is 0 Å². The lowest BCUT2D eigenvalue weighted by Crippen LogP contribution is -1.87. The molecular weight excluding hydrogens is 166 g/mol. The van der Waals surface area contributed by atoms with E-state index in [9.17, 15) is 0 Å². The molecule has 0 bridgehead atoms. The predicted molar refractivity (Wildman–Crippen MR) is 48.1 cm³/mol. The molecule has 57 valence electrons. The first kappa shape index (κ1) is 7.30. The Morgan fingerprint density at radius 3 is 2.83 bits per heavy atom. The van der Waals surface area contributed by atoms with Gasteiger partial charge in [0.1, 0.15) is 11.3 Å². The maximum absolute atomic E-state index is 4.97. The number of aromatic nitrogens is 1. The molecule has 0 atom stereocenters. The summed E-state index contributed by atoms with van der Waals surface area (Å²) in [6.45, 7) is 0.